The van der Waals surface area contributed by atoms with Crippen LogP contribution in [-0.4, -0.2) is 80.6 Å². The lowest BCUT2D eigenvalue weighted by Gasteiger charge is -2.39. The summed E-state index contributed by atoms with van der Waals surface area (Å²) in [6, 6.07) is 4.49. The van der Waals surface area contributed by atoms with E-state index in [9.17, 15) is 4.79 Å². The summed E-state index contributed by atoms with van der Waals surface area (Å²) in [5.74, 6) is 2.70. The number of rotatable bonds is 9. The van der Waals surface area contributed by atoms with Crippen LogP contribution in [-0.2, 0) is 0 Å². The van der Waals surface area contributed by atoms with Gasteiger partial charge in [-0.3, -0.25) is 10.00 Å². The summed E-state index contributed by atoms with van der Waals surface area (Å²) in [6.07, 6.45) is 10.5. The van der Waals surface area contributed by atoms with Crippen molar-refractivity contribution in [3.8, 4) is 0 Å². The molecule has 11 heteroatoms. The number of nitrogens with one attached hydrogen (secondary N) is 5. The molecule has 2 amide bonds. The maximum atomic E-state index is 12.3. The van der Waals surface area contributed by atoms with E-state index in [1.54, 1.807) is 6.20 Å². The van der Waals surface area contributed by atoms with Crippen molar-refractivity contribution in [2.24, 2.45) is 0 Å². The van der Waals surface area contributed by atoms with E-state index in [-0.39, 0.29) is 30.8 Å². The van der Waals surface area contributed by atoms with Crippen LogP contribution in [0.2, 0.25) is 0 Å². The lowest BCUT2D eigenvalue weighted by Crippen LogP contribution is -2.61. The molecule has 6 N–H and O–H groups in total. The average Bonchev–Trinajstić information content (AvgIpc) is 3.52. The van der Waals surface area contributed by atoms with Crippen molar-refractivity contribution < 1.29 is 9.90 Å². The molecule has 0 aromatic carbocycles. The fourth-order valence-electron chi connectivity index (χ4n) is 5.44. The molecule has 1 aliphatic heterocycles. The Morgan fingerprint density at radius 3 is 2.54 bits per heavy atom. The Morgan fingerprint density at radius 1 is 1.03 bits per heavy atom. The maximum absolute atomic E-state index is 12.3. The van der Waals surface area contributed by atoms with Crippen LogP contribution < -0.4 is 21.3 Å². The minimum absolute atomic E-state index is 0.0911. The van der Waals surface area contributed by atoms with E-state index >= 15 is 0 Å². The van der Waals surface area contributed by atoms with Gasteiger partial charge < -0.3 is 26.4 Å². The van der Waals surface area contributed by atoms with Crippen LogP contribution in [0.5, 0.6) is 0 Å². The third-order valence-corrected chi connectivity index (χ3v) is 7.41. The molecule has 5 rings (SSSR count). The molecule has 2 saturated carbocycles. The minimum atomic E-state index is -0.0911. The smallest absolute Gasteiger partial charge is 0.315 e. The average molecular weight is 484 g/mol. The molecule has 3 fully saturated rings. The van der Waals surface area contributed by atoms with E-state index in [2.05, 4.69) is 52.4 Å². The number of anilines is 3. The van der Waals surface area contributed by atoms with E-state index < -0.39 is 0 Å². The second-order valence-electron chi connectivity index (χ2n) is 10.1. The second kappa shape index (κ2) is 11.2. The van der Waals surface area contributed by atoms with Crippen LogP contribution in [0, 0.1) is 0 Å². The number of carbonyl (C=O) groups is 1. The first-order chi connectivity index (χ1) is 17.1. The Balaban J connectivity index is 1.04. The van der Waals surface area contributed by atoms with Crippen molar-refractivity contribution in [2.75, 3.05) is 36.9 Å². The van der Waals surface area contributed by atoms with Gasteiger partial charge in [-0.25, -0.2) is 9.78 Å². The zero-order chi connectivity index (χ0) is 24.0. The van der Waals surface area contributed by atoms with Crippen molar-refractivity contribution in [2.45, 2.75) is 75.4 Å². The highest BCUT2D eigenvalue weighted by atomic mass is 16.3. The van der Waals surface area contributed by atoms with Gasteiger partial charge in [-0.15, -0.1) is 0 Å². The van der Waals surface area contributed by atoms with Gasteiger partial charge in [0.15, 0.2) is 5.82 Å². The number of hydrogen-bond acceptors (Lipinski definition) is 8. The largest absolute Gasteiger partial charge is 0.395 e. The lowest BCUT2D eigenvalue weighted by molar-refractivity contribution is 0.103. The van der Waals surface area contributed by atoms with Gasteiger partial charge in [0.05, 0.1) is 12.6 Å². The van der Waals surface area contributed by atoms with Gasteiger partial charge in [0.1, 0.15) is 5.82 Å². The molecule has 1 saturated heterocycles. The molecule has 35 heavy (non-hydrogen) atoms. The number of amides is 2. The molecule has 11 nitrogen and oxygen atoms in total. The van der Waals surface area contributed by atoms with E-state index in [1.807, 2.05) is 6.07 Å². The predicted molar refractivity (Wildman–Crippen MR) is 134 cm³/mol. The highest BCUT2D eigenvalue weighted by Gasteiger charge is 2.29. The van der Waals surface area contributed by atoms with E-state index in [0.29, 0.717) is 24.2 Å². The molecule has 2 aliphatic carbocycles. The first-order valence-electron chi connectivity index (χ1n) is 13.0. The highest BCUT2D eigenvalue weighted by molar-refractivity contribution is 5.74. The Bertz CT molecular complexity index is 963. The maximum Gasteiger partial charge on any atom is 0.315 e. The molecular formula is C24H37N9O2. The van der Waals surface area contributed by atoms with Crippen LogP contribution in [0.25, 0.3) is 0 Å². The molecule has 0 spiro atoms. The number of aliphatic hydroxyl groups is 1. The van der Waals surface area contributed by atoms with E-state index in [1.165, 1.54) is 31.4 Å². The van der Waals surface area contributed by atoms with Crippen molar-refractivity contribution >= 4 is 23.6 Å². The summed E-state index contributed by atoms with van der Waals surface area (Å²) in [5.41, 5.74) is 1.20. The number of β-amino-alcohol motifs (C(OH)–C–C–N with tert-alkyl or cyclic N) is 1. The highest BCUT2D eigenvalue weighted by Crippen LogP contribution is 2.34. The van der Waals surface area contributed by atoms with Gasteiger partial charge in [-0.1, -0.05) is 12.8 Å². The van der Waals surface area contributed by atoms with Crippen LogP contribution in [0.1, 0.15) is 63.0 Å². The van der Waals surface area contributed by atoms with Crippen LogP contribution in [0.3, 0.4) is 0 Å². The number of nitrogens with zero attached hydrogens (tertiary/aromatic N) is 4. The monoisotopic (exact) mass is 483 g/mol. The summed E-state index contributed by atoms with van der Waals surface area (Å²) in [6.45, 7) is 2.44. The molecule has 3 aliphatic rings. The van der Waals surface area contributed by atoms with Crippen LogP contribution in [0.4, 0.5) is 22.4 Å². The third kappa shape index (κ3) is 6.40. The number of aromatic amines is 1. The van der Waals surface area contributed by atoms with E-state index in [0.717, 1.165) is 44.6 Å². The Kier molecular flexibility index (Phi) is 7.63. The molecular weight excluding hydrogens is 446 g/mol. The Morgan fingerprint density at radius 2 is 1.77 bits per heavy atom. The van der Waals surface area contributed by atoms with Crippen molar-refractivity contribution in [1.29, 1.82) is 0 Å². The number of urea groups is 1. The van der Waals surface area contributed by atoms with Gasteiger partial charge in [0.2, 0.25) is 5.95 Å². The molecule has 3 heterocycles. The van der Waals surface area contributed by atoms with Crippen molar-refractivity contribution in [3.63, 3.8) is 0 Å². The van der Waals surface area contributed by atoms with Gasteiger partial charge in [0.25, 0.3) is 0 Å². The van der Waals surface area contributed by atoms with E-state index in [4.69, 9.17) is 5.11 Å². The van der Waals surface area contributed by atoms with Crippen LogP contribution in [0.15, 0.2) is 18.3 Å². The first kappa shape index (κ1) is 23.8. The van der Waals surface area contributed by atoms with Crippen molar-refractivity contribution in [3.05, 3.63) is 24.0 Å². The topological polar surface area (TPSA) is 143 Å². The lowest BCUT2D eigenvalue weighted by atomic mass is 9.91. The van der Waals surface area contributed by atoms with Gasteiger partial charge in [-0.2, -0.15) is 10.1 Å². The summed E-state index contributed by atoms with van der Waals surface area (Å²) >= 11 is 0. The first-order valence-corrected chi connectivity index (χ1v) is 13.0. The minimum Gasteiger partial charge on any atom is -0.395 e. The fraction of sp³-hybridized carbons (Fsp3) is 0.667. The standard InChI is InChI=1S/C24H37N9O2/c34-12-11-33-14-19(15-33)28-24(35)27-18-7-5-17(6-8-18)26-23-25-10-9-21(30-23)29-22-13-20(31-32-22)16-3-1-2-4-16/h9-10,13,16-19,34H,1-8,11-12,14-15H2,(H2,27,28,35)(H3,25,26,29,30,31,32). The fourth-order valence-corrected chi connectivity index (χ4v) is 5.44. The SMILES string of the molecule is O=C(NC1CCC(Nc2nccc(Nc3cc(C4CCCC4)[nH]n3)n2)CC1)NC1CN(CCO)C1. The number of H-pyrrole nitrogens is 1. The molecule has 0 unspecified atom stereocenters. The van der Waals surface area contributed by atoms with Gasteiger partial charge in [0, 0.05) is 55.6 Å². The zero-order valence-electron chi connectivity index (χ0n) is 20.2. The molecule has 0 atom stereocenters. The summed E-state index contributed by atoms with van der Waals surface area (Å²) in [7, 11) is 0. The summed E-state index contributed by atoms with van der Waals surface area (Å²) < 4.78 is 0. The summed E-state index contributed by atoms with van der Waals surface area (Å²) in [4.78, 5) is 23.4. The Hall–Kier alpha value is -2.92. The quantitative estimate of drug-likeness (QED) is 0.319. The molecule has 2 aromatic heterocycles. The number of likely N-dealkylation sites (tertiary alicyclic amines) is 1. The Labute approximate surface area is 205 Å². The number of aliphatic hydroxyl groups excluding tert-OH is 1. The zero-order valence-corrected chi connectivity index (χ0v) is 20.2. The van der Waals surface area contributed by atoms with Crippen LogP contribution >= 0.6 is 0 Å². The molecule has 0 bridgehead atoms. The number of hydrogen-bond donors (Lipinski definition) is 6. The third-order valence-electron chi connectivity index (χ3n) is 7.41. The number of carbonyl (C=O) groups excluding carboxylic acids is 1. The van der Waals surface area contributed by atoms with Crippen molar-refractivity contribution in [1.82, 2.24) is 35.7 Å². The van der Waals surface area contributed by atoms with Gasteiger partial charge in [-0.05, 0) is 44.6 Å². The normalized spacial score (nSPS) is 23.6. The van der Waals surface area contributed by atoms with Gasteiger partial charge >= 0.3 is 6.03 Å². The molecule has 2 aromatic rings. The second-order valence-corrected chi connectivity index (χ2v) is 10.1. The predicted octanol–water partition coefficient (Wildman–Crippen LogP) is 2.30. The molecule has 190 valence electrons. The summed E-state index contributed by atoms with van der Waals surface area (Å²) in [5, 5.41) is 29.4. The number of aromatic nitrogens is 4. The molecule has 0 radical (unpaired) electrons.